The lowest BCUT2D eigenvalue weighted by Crippen LogP contribution is -2.32. The van der Waals surface area contributed by atoms with Crippen LogP contribution < -0.4 is 5.32 Å². The molecule has 8 heteroatoms. The maximum absolute atomic E-state index is 11.7. The van der Waals surface area contributed by atoms with Crippen LogP contribution in [0.2, 0.25) is 0 Å². The van der Waals surface area contributed by atoms with Crippen molar-refractivity contribution in [2.75, 3.05) is 5.32 Å². The number of anilines is 1. The van der Waals surface area contributed by atoms with E-state index in [1.54, 1.807) is 23.9 Å². The van der Waals surface area contributed by atoms with Gasteiger partial charge in [-0.3, -0.25) is 0 Å². The molecule has 1 aliphatic rings. The van der Waals surface area contributed by atoms with Gasteiger partial charge in [-0.15, -0.1) is 11.3 Å². The summed E-state index contributed by atoms with van der Waals surface area (Å²) in [6.45, 7) is 0. The fraction of sp³-hybridized carbons (Fsp3) is 0.375. The van der Waals surface area contributed by atoms with E-state index in [0.717, 1.165) is 35.2 Å². The lowest BCUT2D eigenvalue weighted by atomic mass is 9.97. The normalized spacial score (nSPS) is 15.2. The van der Waals surface area contributed by atoms with Gasteiger partial charge in [0.2, 0.25) is 0 Å². The SMILES string of the molecule is O=C(O)C(Cc1cnc[nH]1)Nc1ncnc2sc3c(c12)CCCC3. The van der Waals surface area contributed by atoms with Crippen molar-refractivity contribution in [3.63, 3.8) is 0 Å². The van der Waals surface area contributed by atoms with Crippen molar-refractivity contribution in [1.82, 2.24) is 19.9 Å². The largest absolute Gasteiger partial charge is 0.480 e. The Labute approximate surface area is 142 Å². The van der Waals surface area contributed by atoms with Crippen LogP contribution in [0.3, 0.4) is 0 Å². The molecule has 0 saturated heterocycles. The summed E-state index contributed by atoms with van der Waals surface area (Å²) in [5.41, 5.74) is 2.06. The minimum atomic E-state index is -0.916. The van der Waals surface area contributed by atoms with Crippen LogP contribution in [-0.2, 0) is 24.1 Å². The Bertz CT molecular complexity index is 874. The number of carbonyl (C=O) groups is 1. The van der Waals surface area contributed by atoms with Gasteiger partial charge in [0.1, 0.15) is 23.0 Å². The molecular weight excluding hydrogens is 326 g/mol. The Balaban J connectivity index is 1.70. The second-order valence-corrected chi connectivity index (χ2v) is 7.01. The zero-order chi connectivity index (χ0) is 16.5. The highest BCUT2D eigenvalue weighted by molar-refractivity contribution is 7.19. The van der Waals surface area contributed by atoms with E-state index in [1.165, 1.54) is 23.2 Å². The lowest BCUT2D eigenvalue weighted by Gasteiger charge is -2.16. The number of carboxylic acid groups (broad SMARTS) is 1. The molecule has 3 aromatic heterocycles. The highest BCUT2D eigenvalue weighted by Crippen LogP contribution is 2.38. The predicted molar refractivity (Wildman–Crippen MR) is 91.4 cm³/mol. The van der Waals surface area contributed by atoms with Crippen molar-refractivity contribution in [3.05, 3.63) is 35.0 Å². The molecule has 0 aromatic carbocycles. The van der Waals surface area contributed by atoms with Gasteiger partial charge in [0.05, 0.1) is 11.7 Å². The highest BCUT2D eigenvalue weighted by Gasteiger charge is 2.24. The van der Waals surface area contributed by atoms with Gasteiger partial charge in [-0.1, -0.05) is 0 Å². The van der Waals surface area contributed by atoms with E-state index in [0.29, 0.717) is 12.2 Å². The summed E-state index contributed by atoms with van der Waals surface area (Å²) in [7, 11) is 0. The first-order valence-corrected chi connectivity index (χ1v) is 8.76. The fourth-order valence-corrected chi connectivity index (χ4v) is 4.41. The molecule has 3 N–H and O–H groups in total. The Hall–Kier alpha value is -2.48. The third kappa shape index (κ3) is 2.73. The number of H-pyrrole nitrogens is 1. The van der Waals surface area contributed by atoms with E-state index in [1.807, 2.05) is 0 Å². The minimum absolute atomic E-state index is 0.313. The van der Waals surface area contributed by atoms with Crippen LogP contribution >= 0.6 is 11.3 Å². The first-order chi connectivity index (χ1) is 11.7. The zero-order valence-electron chi connectivity index (χ0n) is 13.0. The molecule has 0 spiro atoms. The molecule has 3 aromatic rings. The molecule has 0 amide bonds. The van der Waals surface area contributed by atoms with Gasteiger partial charge in [0.15, 0.2) is 0 Å². The number of imidazole rings is 1. The molecule has 0 aliphatic heterocycles. The number of hydrogen-bond donors (Lipinski definition) is 3. The monoisotopic (exact) mass is 343 g/mol. The molecule has 3 heterocycles. The molecule has 1 atom stereocenters. The molecule has 4 rings (SSSR count). The number of nitrogens with one attached hydrogen (secondary N) is 2. The minimum Gasteiger partial charge on any atom is -0.480 e. The van der Waals surface area contributed by atoms with Crippen molar-refractivity contribution in [3.8, 4) is 0 Å². The van der Waals surface area contributed by atoms with Crippen LogP contribution in [0.4, 0.5) is 5.82 Å². The third-order valence-corrected chi connectivity index (χ3v) is 5.54. The lowest BCUT2D eigenvalue weighted by molar-refractivity contribution is -0.137. The number of rotatable bonds is 5. The van der Waals surface area contributed by atoms with Gasteiger partial charge < -0.3 is 15.4 Å². The molecule has 0 saturated carbocycles. The first kappa shape index (κ1) is 15.1. The van der Waals surface area contributed by atoms with Crippen LogP contribution in [0.5, 0.6) is 0 Å². The van der Waals surface area contributed by atoms with Crippen molar-refractivity contribution in [2.45, 2.75) is 38.1 Å². The quantitative estimate of drug-likeness (QED) is 0.657. The van der Waals surface area contributed by atoms with Gasteiger partial charge in [-0.05, 0) is 31.2 Å². The Kier molecular flexibility index (Phi) is 3.89. The summed E-state index contributed by atoms with van der Waals surface area (Å²) in [4.78, 5) is 29.6. The summed E-state index contributed by atoms with van der Waals surface area (Å²) >= 11 is 1.70. The van der Waals surface area contributed by atoms with Gasteiger partial charge in [-0.25, -0.2) is 19.7 Å². The molecule has 124 valence electrons. The molecule has 0 bridgehead atoms. The number of hydrogen-bond acceptors (Lipinski definition) is 6. The number of thiophene rings is 1. The smallest absolute Gasteiger partial charge is 0.326 e. The van der Waals surface area contributed by atoms with Crippen molar-refractivity contribution in [2.24, 2.45) is 0 Å². The Morgan fingerprint density at radius 3 is 3.04 bits per heavy atom. The highest BCUT2D eigenvalue weighted by atomic mass is 32.1. The van der Waals surface area contributed by atoms with Crippen molar-refractivity contribution < 1.29 is 9.90 Å². The van der Waals surface area contributed by atoms with Crippen LogP contribution in [0, 0.1) is 0 Å². The summed E-state index contributed by atoms with van der Waals surface area (Å²) in [5, 5.41) is 13.7. The first-order valence-electron chi connectivity index (χ1n) is 7.94. The van der Waals surface area contributed by atoms with Gasteiger partial charge >= 0.3 is 5.97 Å². The van der Waals surface area contributed by atoms with E-state index in [4.69, 9.17) is 0 Å². The van der Waals surface area contributed by atoms with Gasteiger partial charge in [-0.2, -0.15) is 0 Å². The zero-order valence-corrected chi connectivity index (χ0v) is 13.8. The van der Waals surface area contributed by atoms with Crippen LogP contribution in [0.25, 0.3) is 10.2 Å². The number of aliphatic carboxylic acids is 1. The third-order valence-electron chi connectivity index (χ3n) is 4.34. The Morgan fingerprint density at radius 1 is 1.38 bits per heavy atom. The van der Waals surface area contributed by atoms with Crippen LogP contribution in [-0.4, -0.2) is 37.1 Å². The van der Waals surface area contributed by atoms with Crippen molar-refractivity contribution >= 4 is 33.3 Å². The molecule has 1 aliphatic carbocycles. The average molecular weight is 343 g/mol. The van der Waals surface area contributed by atoms with Crippen LogP contribution in [0.1, 0.15) is 29.0 Å². The van der Waals surface area contributed by atoms with Crippen LogP contribution in [0.15, 0.2) is 18.9 Å². The molecule has 7 nitrogen and oxygen atoms in total. The maximum Gasteiger partial charge on any atom is 0.326 e. The molecule has 1 unspecified atom stereocenters. The van der Waals surface area contributed by atoms with E-state index in [-0.39, 0.29) is 0 Å². The summed E-state index contributed by atoms with van der Waals surface area (Å²) in [5.74, 6) is -0.299. The Morgan fingerprint density at radius 2 is 2.25 bits per heavy atom. The van der Waals surface area contributed by atoms with Crippen molar-refractivity contribution in [1.29, 1.82) is 0 Å². The molecule has 24 heavy (non-hydrogen) atoms. The number of aryl methyl sites for hydroxylation is 2. The van der Waals surface area contributed by atoms with E-state index >= 15 is 0 Å². The molecule has 0 fully saturated rings. The number of aromatic nitrogens is 4. The topological polar surface area (TPSA) is 104 Å². The van der Waals surface area contributed by atoms with E-state index < -0.39 is 12.0 Å². The number of aromatic amines is 1. The summed E-state index contributed by atoms with van der Waals surface area (Å²) in [6, 6.07) is -0.775. The molecular formula is C16H17N5O2S. The second-order valence-electron chi connectivity index (χ2n) is 5.93. The number of fused-ring (bicyclic) bond motifs is 3. The van der Waals surface area contributed by atoms with Gasteiger partial charge in [0, 0.05) is 23.2 Å². The van der Waals surface area contributed by atoms with E-state index in [2.05, 4.69) is 25.3 Å². The molecule has 0 radical (unpaired) electrons. The summed E-state index contributed by atoms with van der Waals surface area (Å²) in [6.07, 6.45) is 9.44. The fourth-order valence-electron chi connectivity index (χ4n) is 3.18. The number of nitrogens with zero attached hydrogens (tertiary/aromatic N) is 3. The standard InChI is InChI=1S/C16H17N5O2S/c22-16(23)11(5-9-6-17-7-18-9)21-14-13-10-3-1-2-4-12(10)24-15(13)20-8-19-14/h6-8,11H,1-5H2,(H,17,18)(H,22,23)(H,19,20,21). The predicted octanol–water partition coefficient (Wildman–Crippen LogP) is 2.40. The summed E-state index contributed by atoms with van der Waals surface area (Å²) < 4.78 is 0. The number of carboxylic acids is 1. The maximum atomic E-state index is 11.7. The van der Waals surface area contributed by atoms with E-state index in [9.17, 15) is 9.90 Å². The van der Waals surface area contributed by atoms with Gasteiger partial charge in [0.25, 0.3) is 0 Å². The average Bonchev–Trinajstić information content (AvgIpc) is 3.21. The second kappa shape index (κ2) is 6.20.